The zero-order chi connectivity index (χ0) is 23.2. The van der Waals surface area contributed by atoms with E-state index in [1.807, 2.05) is 24.3 Å². The molecule has 178 valence electrons. The van der Waals surface area contributed by atoms with Gasteiger partial charge in [0.25, 0.3) is 5.56 Å². The van der Waals surface area contributed by atoms with Crippen LogP contribution in [0.15, 0.2) is 35.1 Å². The Morgan fingerprint density at radius 2 is 1.97 bits per heavy atom. The molecule has 0 spiro atoms. The Morgan fingerprint density at radius 3 is 2.73 bits per heavy atom. The highest BCUT2D eigenvalue weighted by molar-refractivity contribution is 5.93. The lowest BCUT2D eigenvalue weighted by molar-refractivity contribution is 0.0590. The molecule has 0 unspecified atom stereocenters. The lowest BCUT2D eigenvalue weighted by atomic mass is 10.1. The van der Waals surface area contributed by atoms with Crippen LogP contribution in [-0.4, -0.2) is 60.1 Å². The molecule has 1 aliphatic heterocycles. The molecule has 2 aliphatic rings. The smallest absolute Gasteiger partial charge is 0.343 e. The van der Waals surface area contributed by atoms with E-state index in [0.29, 0.717) is 49.6 Å². The summed E-state index contributed by atoms with van der Waals surface area (Å²) in [6, 6.07) is 9.25. The molecule has 2 heterocycles. The second-order valence-electron chi connectivity index (χ2n) is 8.58. The fourth-order valence-corrected chi connectivity index (χ4v) is 4.71. The Kier molecular flexibility index (Phi) is 7.67. The first-order valence-corrected chi connectivity index (χ1v) is 11.7. The lowest BCUT2D eigenvalue weighted by Crippen LogP contribution is -2.29. The third-order valence-electron chi connectivity index (χ3n) is 6.34. The SMILES string of the molecule is COC(=O)c1c(OC2CCCC2)cc(=O)n2c1CCN(Cc1cccc(OCCO)c1)CC2. The highest BCUT2D eigenvalue weighted by atomic mass is 16.5. The minimum atomic E-state index is -0.464. The number of aromatic nitrogens is 1. The van der Waals surface area contributed by atoms with Crippen LogP contribution < -0.4 is 15.0 Å². The fraction of sp³-hybridized carbons (Fsp3) is 0.520. The molecular weight excluding hydrogens is 424 g/mol. The van der Waals surface area contributed by atoms with Gasteiger partial charge in [-0.15, -0.1) is 0 Å². The molecule has 0 radical (unpaired) electrons. The van der Waals surface area contributed by atoms with Crippen LogP contribution in [0.4, 0.5) is 0 Å². The molecule has 1 fully saturated rings. The summed E-state index contributed by atoms with van der Waals surface area (Å²) in [5, 5.41) is 8.97. The number of fused-ring (bicyclic) bond motifs is 1. The maximum atomic E-state index is 13.0. The van der Waals surface area contributed by atoms with Crippen molar-refractivity contribution in [2.24, 2.45) is 0 Å². The lowest BCUT2D eigenvalue weighted by Gasteiger charge is -2.20. The number of carbonyl (C=O) groups excluding carboxylic acids is 1. The predicted octanol–water partition coefficient (Wildman–Crippen LogP) is 2.39. The second-order valence-corrected chi connectivity index (χ2v) is 8.58. The number of hydrogen-bond acceptors (Lipinski definition) is 7. The third-order valence-corrected chi connectivity index (χ3v) is 6.34. The van der Waals surface area contributed by atoms with Crippen LogP contribution in [0.3, 0.4) is 0 Å². The highest BCUT2D eigenvalue weighted by Crippen LogP contribution is 2.29. The van der Waals surface area contributed by atoms with Crippen molar-refractivity contribution in [3.63, 3.8) is 0 Å². The molecule has 1 aromatic heterocycles. The van der Waals surface area contributed by atoms with Crippen molar-refractivity contribution in [1.29, 1.82) is 0 Å². The Bertz CT molecular complexity index is 1030. The van der Waals surface area contributed by atoms with Crippen molar-refractivity contribution < 1.29 is 24.1 Å². The first-order chi connectivity index (χ1) is 16.1. The van der Waals surface area contributed by atoms with E-state index in [4.69, 9.17) is 19.3 Å². The molecule has 33 heavy (non-hydrogen) atoms. The van der Waals surface area contributed by atoms with Gasteiger partial charge in [-0.1, -0.05) is 12.1 Å². The summed E-state index contributed by atoms with van der Waals surface area (Å²) in [5.74, 6) is 0.610. The second kappa shape index (κ2) is 10.9. The number of pyridine rings is 1. The molecular formula is C25H32N2O6. The van der Waals surface area contributed by atoms with Crippen molar-refractivity contribution in [3.8, 4) is 11.5 Å². The van der Waals surface area contributed by atoms with Crippen LogP contribution >= 0.6 is 0 Å². The molecule has 0 saturated heterocycles. The summed E-state index contributed by atoms with van der Waals surface area (Å²) < 4.78 is 18.4. The Labute approximate surface area is 193 Å². The Morgan fingerprint density at radius 1 is 1.15 bits per heavy atom. The van der Waals surface area contributed by atoms with Crippen LogP contribution in [0.2, 0.25) is 0 Å². The topological polar surface area (TPSA) is 90.2 Å². The molecule has 0 atom stereocenters. The van der Waals surface area contributed by atoms with E-state index >= 15 is 0 Å². The van der Waals surface area contributed by atoms with Crippen LogP contribution in [0.25, 0.3) is 0 Å². The molecule has 0 bridgehead atoms. The summed E-state index contributed by atoms with van der Waals surface area (Å²) in [5.41, 5.74) is 2.00. The van der Waals surface area contributed by atoms with E-state index in [2.05, 4.69) is 4.90 Å². The molecule has 2 aromatic rings. The van der Waals surface area contributed by atoms with Gasteiger partial charge in [-0.2, -0.15) is 0 Å². The summed E-state index contributed by atoms with van der Waals surface area (Å²) in [4.78, 5) is 28.0. The van der Waals surface area contributed by atoms with Gasteiger partial charge in [-0.3, -0.25) is 9.69 Å². The number of aliphatic hydroxyl groups excluding tert-OH is 1. The van der Waals surface area contributed by atoms with Gasteiger partial charge in [-0.25, -0.2) is 4.79 Å². The molecule has 4 rings (SSSR count). The van der Waals surface area contributed by atoms with Crippen LogP contribution in [0, 0.1) is 0 Å². The van der Waals surface area contributed by atoms with E-state index in [1.165, 1.54) is 13.2 Å². The minimum Gasteiger partial charge on any atom is -0.491 e. The predicted molar refractivity (Wildman–Crippen MR) is 123 cm³/mol. The Balaban J connectivity index is 1.55. The van der Waals surface area contributed by atoms with Gasteiger partial charge < -0.3 is 23.9 Å². The number of methoxy groups -OCH3 is 1. The van der Waals surface area contributed by atoms with Gasteiger partial charge in [0.15, 0.2) is 0 Å². The number of ether oxygens (including phenoxy) is 3. The summed E-state index contributed by atoms with van der Waals surface area (Å²) in [7, 11) is 1.36. The molecule has 8 heteroatoms. The van der Waals surface area contributed by atoms with Crippen molar-refractivity contribution in [2.75, 3.05) is 33.4 Å². The average Bonchev–Trinajstić information content (AvgIpc) is 3.24. The molecule has 1 aliphatic carbocycles. The zero-order valence-electron chi connectivity index (χ0n) is 19.1. The van der Waals surface area contributed by atoms with Crippen LogP contribution in [0.1, 0.15) is 47.3 Å². The average molecular weight is 457 g/mol. The van der Waals surface area contributed by atoms with E-state index in [0.717, 1.165) is 37.0 Å². The zero-order valence-corrected chi connectivity index (χ0v) is 19.1. The van der Waals surface area contributed by atoms with Gasteiger partial charge in [0.1, 0.15) is 23.7 Å². The first-order valence-electron chi connectivity index (χ1n) is 11.7. The molecule has 1 N–H and O–H groups in total. The monoisotopic (exact) mass is 456 g/mol. The third kappa shape index (κ3) is 5.57. The number of benzene rings is 1. The minimum absolute atomic E-state index is 0.0294. The number of hydrogen-bond donors (Lipinski definition) is 1. The highest BCUT2D eigenvalue weighted by Gasteiger charge is 2.28. The van der Waals surface area contributed by atoms with E-state index in [-0.39, 0.29) is 24.9 Å². The van der Waals surface area contributed by atoms with Gasteiger partial charge in [0.05, 0.1) is 19.8 Å². The van der Waals surface area contributed by atoms with Gasteiger partial charge in [-0.05, 0) is 43.4 Å². The molecule has 1 saturated carbocycles. The Hall–Kier alpha value is -2.84. The standard InChI is InChI=1S/C25H32N2O6/c1-31-25(30)24-21-9-10-26(17-18-5-4-8-20(15-18)32-14-13-28)11-12-27(21)23(29)16-22(24)33-19-6-2-3-7-19/h4-5,8,15-16,19,28H,2-3,6-7,9-14,17H2,1H3. The molecule has 0 amide bonds. The van der Waals surface area contributed by atoms with Gasteiger partial charge in [0, 0.05) is 44.4 Å². The van der Waals surface area contributed by atoms with E-state index in [9.17, 15) is 9.59 Å². The quantitative estimate of drug-likeness (QED) is 0.610. The first kappa shape index (κ1) is 23.3. The van der Waals surface area contributed by atoms with Gasteiger partial charge >= 0.3 is 5.97 Å². The van der Waals surface area contributed by atoms with Crippen molar-refractivity contribution >= 4 is 5.97 Å². The number of nitrogens with zero attached hydrogens (tertiary/aromatic N) is 2. The molecule has 1 aromatic carbocycles. The van der Waals surface area contributed by atoms with E-state index in [1.54, 1.807) is 4.57 Å². The summed E-state index contributed by atoms with van der Waals surface area (Å²) in [6.45, 7) is 2.78. The number of aliphatic hydroxyl groups is 1. The summed E-state index contributed by atoms with van der Waals surface area (Å²) in [6.07, 6.45) is 4.66. The van der Waals surface area contributed by atoms with Crippen LogP contribution in [0.5, 0.6) is 11.5 Å². The fourth-order valence-electron chi connectivity index (χ4n) is 4.71. The largest absolute Gasteiger partial charge is 0.491 e. The van der Waals surface area contributed by atoms with Crippen LogP contribution in [-0.2, 0) is 24.2 Å². The van der Waals surface area contributed by atoms with Crippen molar-refractivity contribution in [2.45, 2.75) is 51.3 Å². The van der Waals surface area contributed by atoms with Crippen molar-refractivity contribution in [3.05, 3.63) is 57.5 Å². The maximum absolute atomic E-state index is 13.0. The summed E-state index contributed by atoms with van der Waals surface area (Å²) >= 11 is 0. The normalized spacial score (nSPS) is 16.8. The maximum Gasteiger partial charge on any atom is 0.343 e. The van der Waals surface area contributed by atoms with E-state index < -0.39 is 5.97 Å². The van der Waals surface area contributed by atoms with Crippen molar-refractivity contribution in [1.82, 2.24) is 9.47 Å². The molecule has 8 nitrogen and oxygen atoms in total. The van der Waals surface area contributed by atoms with Gasteiger partial charge in [0.2, 0.25) is 0 Å². The number of esters is 1. The number of carbonyl (C=O) groups is 1. The number of rotatable bonds is 8.